The van der Waals surface area contributed by atoms with E-state index in [9.17, 15) is 4.79 Å². The fourth-order valence-electron chi connectivity index (χ4n) is 1.50. The zero-order valence-corrected chi connectivity index (χ0v) is 8.73. The maximum Gasteiger partial charge on any atom is 0.199 e. The van der Waals surface area contributed by atoms with E-state index >= 15 is 0 Å². The highest BCUT2D eigenvalue weighted by molar-refractivity contribution is 5.79. The Balaban J connectivity index is 2.74. The molecule has 2 aromatic rings. The highest BCUT2D eigenvalue weighted by atomic mass is 16.3. The molecule has 0 atom stereocenters. The van der Waals surface area contributed by atoms with Gasteiger partial charge in [0.15, 0.2) is 5.43 Å². The van der Waals surface area contributed by atoms with Crippen LogP contribution in [0.2, 0.25) is 0 Å². The van der Waals surface area contributed by atoms with Gasteiger partial charge in [0.2, 0.25) is 0 Å². The van der Waals surface area contributed by atoms with E-state index in [-0.39, 0.29) is 5.43 Å². The Bertz CT molecular complexity index is 660. The fourth-order valence-corrected chi connectivity index (χ4v) is 1.50. The number of benzene rings is 1. The van der Waals surface area contributed by atoms with Crippen molar-refractivity contribution in [3.8, 4) is 6.07 Å². The van der Waals surface area contributed by atoms with Crippen LogP contribution in [-0.2, 0) is 0 Å². The van der Waals surface area contributed by atoms with Crippen molar-refractivity contribution in [1.82, 2.24) is 0 Å². The number of hydrogen-bond acceptors (Lipinski definition) is 3. The van der Waals surface area contributed by atoms with Crippen LogP contribution in [0.4, 0.5) is 0 Å². The number of aryl methyl sites for hydroxylation is 1. The summed E-state index contributed by atoms with van der Waals surface area (Å²) < 4.78 is 5.31. The van der Waals surface area contributed by atoms with E-state index < -0.39 is 0 Å². The molecule has 78 valence electrons. The molecule has 0 aliphatic heterocycles. The van der Waals surface area contributed by atoms with Gasteiger partial charge in [0.25, 0.3) is 0 Å². The average Bonchev–Trinajstić information content (AvgIpc) is 2.29. The van der Waals surface area contributed by atoms with Gasteiger partial charge in [-0.1, -0.05) is 11.6 Å². The van der Waals surface area contributed by atoms with E-state index in [1.54, 1.807) is 12.1 Å². The largest absolute Gasteiger partial charge is 0.463 e. The molecule has 0 amide bonds. The van der Waals surface area contributed by atoms with Crippen LogP contribution in [0.1, 0.15) is 11.1 Å². The summed E-state index contributed by atoms with van der Waals surface area (Å²) >= 11 is 0. The SMILES string of the molecule is Cc1ccc2occ(/C=C/C#N)c(=O)c2c1. The van der Waals surface area contributed by atoms with Crippen LogP contribution < -0.4 is 5.43 Å². The van der Waals surface area contributed by atoms with Crippen LogP contribution in [-0.4, -0.2) is 0 Å². The Kier molecular flexibility index (Phi) is 2.57. The van der Waals surface area contributed by atoms with Gasteiger partial charge < -0.3 is 4.42 Å². The van der Waals surface area contributed by atoms with Gasteiger partial charge in [-0.05, 0) is 25.1 Å². The third-order valence-corrected chi connectivity index (χ3v) is 2.29. The molecule has 1 heterocycles. The fraction of sp³-hybridized carbons (Fsp3) is 0.0769. The minimum Gasteiger partial charge on any atom is -0.463 e. The second-order valence-electron chi connectivity index (χ2n) is 3.48. The maximum atomic E-state index is 12.0. The van der Waals surface area contributed by atoms with E-state index in [4.69, 9.17) is 9.68 Å². The maximum absolute atomic E-state index is 12.0. The van der Waals surface area contributed by atoms with Gasteiger partial charge in [0.05, 0.1) is 17.0 Å². The third-order valence-electron chi connectivity index (χ3n) is 2.29. The lowest BCUT2D eigenvalue weighted by Crippen LogP contribution is -2.04. The molecule has 0 spiro atoms. The number of nitriles is 1. The number of hydrogen-bond donors (Lipinski definition) is 0. The topological polar surface area (TPSA) is 54.0 Å². The van der Waals surface area contributed by atoms with Crippen molar-refractivity contribution < 1.29 is 4.42 Å². The van der Waals surface area contributed by atoms with E-state index in [1.807, 2.05) is 19.1 Å². The van der Waals surface area contributed by atoms with Crippen LogP contribution in [0, 0.1) is 18.3 Å². The lowest BCUT2D eigenvalue weighted by atomic mass is 10.1. The van der Waals surface area contributed by atoms with Crippen molar-refractivity contribution in [3.63, 3.8) is 0 Å². The Morgan fingerprint density at radius 3 is 3.00 bits per heavy atom. The number of fused-ring (bicyclic) bond motifs is 1. The lowest BCUT2D eigenvalue weighted by molar-refractivity contribution is 0.601. The quantitative estimate of drug-likeness (QED) is 0.681. The molecule has 1 aromatic heterocycles. The van der Waals surface area contributed by atoms with E-state index in [2.05, 4.69) is 0 Å². The summed E-state index contributed by atoms with van der Waals surface area (Å²) in [6, 6.07) is 7.28. The summed E-state index contributed by atoms with van der Waals surface area (Å²) in [4.78, 5) is 12.0. The van der Waals surface area contributed by atoms with Gasteiger partial charge in [-0.2, -0.15) is 5.26 Å². The van der Waals surface area contributed by atoms with Crippen LogP contribution in [0.3, 0.4) is 0 Å². The summed E-state index contributed by atoms with van der Waals surface area (Å²) in [7, 11) is 0. The minimum absolute atomic E-state index is 0.114. The Hall–Kier alpha value is -2.34. The van der Waals surface area contributed by atoms with Crippen molar-refractivity contribution >= 4 is 17.0 Å². The van der Waals surface area contributed by atoms with Gasteiger partial charge >= 0.3 is 0 Å². The van der Waals surface area contributed by atoms with Crippen molar-refractivity contribution in [2.45, 2.75) is 6.92 Å². The lowest BCUT2D eigenvalue weighted by Gasteiger charge is -1.99. The van der Waals surface area contributed by atoms with Crippen molar-refractivity contribution in [3.05, 3.63) is 51.9 Å². The normalized spacial score (nSPS) is 10.8. The molecule has 0 radical (unpaired) electrons. The molecule has 0 bridgehead atoms. The van der Waals surface area contributed by atoms with E-state index in [0.717, 1.165) is 5.56 Å². The molecule has 0 saturated heterocycles. The first kappa shape index (κ1) is 10.2. The molecule has 0 saturated carbocycles. The first-order valence-corrected chi connectivity index (χ1v) is 4.80. The molecule has 0 N–H and O–H groups in total. The molecule has 0 unspecified atom stereocenters. The van der Waals surface area contributed by atoms with Crippen LogP contribution in [0.5, 0.6) is 0 Å². The molecule has 16 heavy (non-hydrogen) atoms. The second kappa shape index (κ2) is 4.03. The van der Waals surface area contributed by atoms with Gasteiger partial charge in [-0.25, -0.2) is 0 Å². The molecular formula is C13H9NO2. The monoisotopic (exact) mass is 211 g/mol. The number of allylic oxidation sites excluding steroid dienone is 1. The van der Waals surface area contributed by atoms with Crippen LogP contribution >= 0.6 is 0 Å². The first-order chi connectivity index (χ1) is 7.72. The third kappa shape index (κ3) is 1.73. The van der Waals surface area contributed by atoms with Gasteiger partial charge in [-0.15, -0.1) is 0 Å². The Morgan fingerprint density at radius 2 is 2.25 bits per heavy atom. The molecule has 0 fully saturated rings. The summed E-state index contributed by atoms with van der Waals surface area (Å²) in [5, 5.41) is 8.95. The molecule has 0 aliphatic rings. The first-order valence-electron chi connectivity index (χ1n) is 4.80. The van der Waals surface area contributed by atoms with Crippen LogP contribution in [0.15, 0.2) is 39.7 Å². The molecular weight excluding hydrogens is 202 g/mol. The van der Waals surface area contributed by atoms with Crippen molar-refractivity contribution in [2.24, 2.45) is 0 Å². The highest BCUT2D eigenvalue weighted by Gasteiger charge is 2.04. The second-order valence-corrected chi connectivity index (χ2v) is 3.48. The van der Waals surface area contributed by atoms with Crippen molar-refractivity contribution in [1.29, 1.82) is 5.26 Å². The minimum atomic E-state index is -0.114. The predicted molar refractivity (Wildman–Crippen MR) is 61.9 cm³/mol. The van der Waals surface area contributed by atoms with E-state index in [1.165, 1.54) is 18.4 Å². The highest BCUT2D eigenvalue weighted by Crippen LogP contribution is 2.13. The van der Waals surface area contributed by atoms with Gasteiger partial charge in [-0.3, -0.25) is 4.79 Å². The van der Waals surface area contributed by atoms with Crippen LogP contribution in [0.25, 0.3) is 17.0 Å². The standard InChI is InChI=1S/C13H9NO2/c1-9-4-5-12-11(7-9)13(15)10(8-16-12)3-2-6-14/h2-5,7-8H,1H3/b3-2+. The number of rotatable bonds is 1. The van der Waals surface area contributed by atoms with Gasteiger partial charge in [0.1, 0.15) is 11.8 Å². The number of nitrogens with zero attached hydrogens (tertiary/aromatic N) is 1. The van der Waals surface area contributed by atoms with Crippen molar-refractivity contribution in [2.75, 3.05) is 0 Å². The zero-order chi connectivity index (χ0) is 11.5. The van der Waals surface area contributed by atoms with Gasteiger partial charge in [0, 0.05) is 6.08 Å². The summed E-state index contributed by atoms with van der Waals surface area (Å²) in [5.41, 5.74) is 1.84. The molecule has 2 rings (SSSR count). The Morgan fingerprint density at radius 1 is 1.44 bits per heavy atom. The smallest absolute Gasteiger partial charge is 0.199 e. The summed E-state index contributed by atoms with van der Waals surface area (Å²) in [6.07, 6.45) is 4.08. The average molecular weight is 211 g/mol. The summed E-state index contributed by atoms with van der Waals surface area (Å²) in [6.45, 7) is 1.91. The summed E-state index contributed by atoms with van der Waals surface area (Å²) in [5.74, 6) is 0. The molecule has 3 heteroatoms. The van der Waals surface area contributed by atoms with E-state index in [0.29, 0.717) is 16.5 Å². The Labute approximate surface area is 92.2 Å². The molecule has 0 aliphatic carbocycles. The zero-order valence-electron chi connectivity index (χ0n) is 8.73. The molecule has 1 aromatic carbocycles. The molecule has 3 nitrogen and oxygen atoms in total. The predicted octanol–water partition coefficient (Wildman–Crippen LogP) is 2.64.